The fourth-order valence-electron chi connectivity index (χ4n) is 2.47. The SMILES string of the molecule is COc1ccc([C@@H](Cc2ccccc2)C(=O)N=C(N)N)cc1OC. The van der Waals surface area contributed by atoms with E-state index in [1.165, 1.54) is 0 Å². The van der Waals surface area contributed by atoms with Crippen molar-refractivity contribution in [3.8, 4) is 11.5 Å². The van der Waals surface area contributed by atoms with Gasteiger partial charge in [-0.05, 0) is 29.7 Å². The van der Waals surface area contributed by atoms with Crippen LogP contribution in [-0.4, -0.2) is 26.1 Å². The number of amides is 1. The Morgan fingerprint density at radius 3 is 2.29 bits per heavy atom. The van der Waals surface area contributed by atoms with E-state index in [0.29, 0.717) is 17.9 Å². The van der Waals surface area contributed by atoms with E-state index in [1.807, 2.05) is 36.4 Å². The zero-order valence-corrected chi connectivity index (χ0v) is 13.7. The minimum Gasteiger partial charge on any atom is -0.493 e. The molecule has 0 aliphatic rings. The van der Waals surface area contributed by atoms with E-state index in [4.69, 9.17) is 20.9 Å². The Hall–Kier alpha value is -3.02. The normalized spacial score (nSPS) is 11.4. The highest BCUT2D eigenvalue weighted by Crippen LogP contribution is 2.32. The van der Waals surface area contributed by atoms with Crippen molar-refractivity contribution < 1.29 is 14.3 Å². The average Bonchev–Trinajstić information content (AvgIpc) is 2.59. The molecule has 4 N–H and O–H groups in total. The summed E-state index contributed by atoms with van der Waals surface area (Å²) < 4.78 is 10.6. The summed E-state index contributed by atoms with van der Waals surface area (Å²) in [5.41, 5.74) is 12.5. The third kappa shape index (κ3) is 4.25. The maximum atomic E-state index is 12.5. The number of nitrogens with zero attached hydrogens (tertiary/aromatic N) is 1. The maximum Gasteiger partial charge on any atom is 0.256 e. The fraction of sp³-hybridized carbons (Fsp3) is 0.222. The summed E-state index contributed by atoms with van der Waals surface area (Å²) in [5, 5.41) is 0. The first-order valence-electron chi connectivity index (χ1n) is 7.44. The molecule has 0 spiro atoms. The van der Waals surface area contributed by atoms with E-state index in [2.05, 4.69) is 4.99 Å². The second-order valence-electron chi connectivity index (χ2n) is 5.23. The van der Waals surface area contributed by atoms with Gasteiger partial charge < -0.3 is 20.9 Å². The molecular formula is C18H21N3O3. The molecular weight excluding hydrogens is 306 g/mol. The smallest absolute Gasteiger partial charge is 0.256 e. The van der Waals surface area contributed by atoms with Crippen molar-refractivity contribution in [3.05, 3.63) is 59.7 Å². The molecule has 2 aromatic rings. The van der Waals surface area contributed by atoms with Crippen molar-refractivity contribution in [2.24, 2.45) is 16.5 Å². The van der Waals surface area contributed by atoms with Crippen molar-refractivity contribution in [2.45, 2.75) is 12.3 Å². The molecule has 6 nitrogen and oxygen atoms in total. The lowest BCUT2D eigenvalue weighted by Gasteiger charge is -2.16. The van der Waals surface area contributed by atoms with E-state index in [9.17, 15) is 4.79 Å². The van der Waals surface area contributed by atoms with Crippen LogP contribution in [-0.2, 0) is 11.2 Å². The molecule has 0 saturated carbocycles. The highest BCUT2D eigenvalue weighted by molar-refractivity contribution is 5.95. The van der Waals surface area contributed by atoms with Gasteiger partial charge in [0.25, 0.3) is 5.91 Å². The molecule has 0 heterocycles. The van der Waals surface area contributed by atoms with Crippen molar-refractivity contribution in [1.82, 2.24) is 0 Å². The van der Waals surface area contributed by atoms with Gasteiger partial charge in [0.1, 0.15) is 0 Å². The monoisotopic (exact) mass is 327 g/mol. The van der Waals surface area contributed by atoms with Crippen molar-refractivity contribution in [3.63, 3.8) is 0 Å². The Morgan fingerprint density at radius 1 is 1.04 bits per heavy atom. The van der Waals surface area contributed by atoms with Crippen molar-refractivity contribution in [1.29, 1.82) is 0 Å². The number of aliphatic imine (C=N–C) groups is 1. The Labute approximate surface area is 141 Å². The van der Waals surface area contributed by atoms with Gasteiger partial charge in [0.15, 0.2) is 17.5 Å². The molecule has 24 heavy (non-hydrogen) atoms. The van der Waals surface area contributed by atoms with Crippen LogP contribution in [0.15, 0.2) is 53.5 Å². The van der Waals surface area contributed by atoms with E-state index in [0.717, 1.165) is 11.1 Å². The lowest BCUT2D eigenvalue weighted by Crippen LogP contribution is -2.26. The summed E-state index contributed by atoms with van der Waals surface area (Å²) in [6, 6.07) is 15.0. The third-order valence-corrected chi connectivity index (χ3v) is 3.63. The molecule has 0 unspecified atom stereocenters. The van der Waals surface area contributed by atoms with Crippen LogP contribution < -0.4 is 20.9 Å². The van der Waals surface area contributed by atoms with E-state index < -0.39 is 11.8 Å². The number of hydrogen-bond acceptors (Lipinski definition) is 3. The predicted octanol–water partition coefficient (Wildman–Crippen LogP) is 1.83. The van der Waals surface area contributed by atoms with Crippen LogP contribution in [0.3, 0.4) is 0 Å². The molecule has 1 atom stereocenters. The number of nitrogens with two attached hydrogens (primary N) is 2. The van der Waals surface area contributed by atoms with Gasteiger partial charge in [-0.3, -0.25) is 4.79 Å². The molecule has 0 fully saturated rings. The zero-order valence-electron chi connectivity index (χ0n) is 13.7. The molecule has 0 radical (unpaired) electrons. The van der Waals surface area contributed by atoms with Crippen LogP contribution in [0.1, 0.15) is 17.0 Å². The van der Waals surface area contributed by atoms with Crippen molar-refractivity contribution in [2.75, 3.05) is 14.2 Å². The largest absolute Gasteiger partial charge is 0.493 e. The molecule has 126 valence electrons. The van der Waals surface area contributed by atoms with Gasteiger partial charge in [0.05, 0.1) is 20.1 Å². The highest BCUT2D eigenvalue weighted by atomic mass is 16.5. The van der Waals surface area contributed by atoms with Gasteiger partial charge in [0.2, 0.25) is 0 Å². The number of hydrogen-bond donors (Lipinski definition) is 2. The number of methoxy groups -OCH3 is 2. The number of ether oxygens (including phenoxy) is 2. The van der Waals surface area contributed by atoms with Crippen LogP contribution in [0.4, 0.5) is 0 Å². The molecule has 0 saturated heterocycles. The van der Waals surface area contributed by atoms with E-state index in [-0.39, 0.29) is 5.96 Å². The van der Waals surface area contributed by atoms with Crippen LogP contribution in [0, 0.1) is 0 Å². The predicted molar refractivity (Wildman–Crippen MR) is 93.2 cm³/mol. The molecule has 0 aliphatic carbocycles. The fourth-order valence-corrected chi connectivity index (χ4v) is 2.47. The Morgan fingerprint density at radius 2 is 1.71 bits per heavy atom. The maximum absolute atomic E-state index is 12.5. The Balaban J connectivity index is 2.41. The number of guanidine groups is 1. The first kappa shape index (κ1) is 17.3. The standard InChI is InChI=1S/C18H21N3O3/c1-23-15-9-8-13(11-16(15)24-2)14(17(22)21-18(19)20)10-12-6-4-3-5-7-12/h3-9,11,14H,10H2,1-2H3,(H4,19,20,21,22)/t14-/m1/s1. The lowest BCUT2D eigenvalue weighted by molar-refractivity contribution is -0.119. The molecule has 0 aliphatic heterocycles. The Kier molecular flexibility index (Phi) is 5.78. The second-order valence-corrected chi connectivity index (χ2v) is 5.23. The van der Waals surface area contributed by atoms with Crippen LogP contribution in [0.2, 0.25) is 0 Å². The molecule has 0 bridgehead atoms. The summed E-state index contributed by atoms with van der Waals surface area (Å²) in [4.78, 5) is 16.2. The summed E-state index contributed by atoms with van der Waals surface area (Å²) in [6.07, 6.45) is 0.478. The summed E-state index contributed by atoms with van der Waals surface area (Å²) in [7, 11) is 3.11. The minimum atomic E-state index is -0.519. The van der Waals surface area contributed by atoms with E-state index in [1.54, 1.807) is 26.4 Å². The van der Waals surface area contributed by atoms with Gasteiger partial charge >= 0.3 is 0 Å². The molecule has 0 aromatic heterocycles. The van der Waals surface area contributed by atoms with Crippen LogP contribution in [0.5, 0.6) is 11.5 Å². The summed E-state index contributed by atoms with van der Waals surface area (Å²) in [5.74, 6) is -0.0292. The zero-order chi connectivity index (χ0) is 17.5. The van der Waals surface area contributed by atoms with Crippen molar-refractivity contribution >= 4 is 11.9 Å². The molecule has 6 heteroatoms. The summed E-state index contributed by atoms with van der Waals surface area (Å²) in [6.45, 7) is 0. The van der Waals surface area contributed by atoms with Gasteiger partial charge in [-0.25, -0.2) is 0 Å². The van der Waals surface area contributed by atoms with E-state index >= 15 is 0 Å². The number of carbonyl (C=O) groups excluding carboxylic acids is 1. The third-order valence-electron chi connectivity index (χ3n) is 3.63. The molecule has 2 rings (SSSR count). The van der Waals surface area contributed by atoms with Gasteiger partial charge in [-0.2, -0.15) is 4.99 Å². The first-order valence-corrected chi connectivity index (χ1v) is 7.44. The van der Waals surface area contributed by atoms with Crippen LogP contribution in [0.25, 0.3) is 0 Å². The number of benzene rings is 2. The molecule has 1 amide bonds. The lowest BCUT2D eigenvalue weighted by atomic mass is 9.91. The van der Waals surface area contributed by atoms with Gasteiger partial charge in [-0.15, -0.1) is 0 Å². The topological polar surface area (TPSA) is 99.9 Å². The van der Waals surface area contributed by atoms with Crippen LogP contribution >= 0.6 is 0 Å². The van der Waals surface area contributed by atoms with Gasteiger partial charge in [0, 0.05) is 0 Å². The summed E-state index contributed by atoms with van der Waals surface area (Å²) >= 11 is 0. The number of carbonyl (C=O) groups is 1. The Bertz CT molecular complexity index is 726. The molecule has 2 aromatic carbocycles. The first-order chi connectivity index (χ1) is 11.5. The second kappa shape index (κ2) is 8.01. The highest BCUT2D eigenvalue weighted by Gasteiger charge is 2.22. The quantitative estimate of drug-likeness (QED) is 0.623. The van der Waals surface area contributed by atoms with Gasteiger partial charge in [-0.1, -0.05) is 36.4 Å². The minimum absolute atomic E-state index is 0.251. The number of rotatable bonds is 6. The average molecular weight is 327 g/mol.